The molecule has 0 aliphatic heterocycles. The van der Waals surface area contributed by atoms with Gasteiger partial charge in [0, 0.05) is 12.8 Å². The second-order valence-corrected chi connectivity index (χ2v) is 7.00. The maximum Gasteiger partial charge on any atom is 0.315 e. The summed E-state index contributed by atoms with van der Waals surface area (Å²) >= 11 is 5.81. The number of benzene rings is 1. The summed E-state index contributed by atoms with van der Waals surface area (Å²) in [4.78, 5) is 0.289. The van der Waals surface area contributed by atoms with Gasteiger partial charge in [0.25, 0.3) is 0 Å². The predicted molar refractivity (Wildman–Crippen MR) is 75.4 cm³/mol. The summed E-state index contributed by atoms with van der Waals surface area (Å²) in [6.45, 7) is 2.19. The molecule has 2 rings (SSSR count). The van der Waals surface area contributed by atoms with Crippen LogP contribution in [0.25, 0.3) is 0 Å². The zero-order valence-corrected chi connectivity index (χ0v) is 12.6. The van der Waals surface area contributed by atoms with Crippen molar-refractivity contribution in [2.75, 3.05) is 11.6 Å². The molecule has 0 amide bonds. The Hall–Kier alpha value is -1.60. The molecule has 2 aromatic rings. The second kappa shape index (κ2) is 5.80. The molecule has 0 aliphatic carbocycles. The molecule has 1 aromatic carbocycles. The van der Waals surface area contributed by atoms with Crippen molar-refractivity contribution in [3.8, 4) is 0 Å². The first-order valence-corrected chi connectivity index (χ1v) is 8.19. The van der Waals surface area contributed by atoms with Gasteiger partial charge in [-0.3, -0.25) is 0 Å². The zero-order chi connectivity index (χ0) is 14.8. The van der Waals surface area contributed by atoms with Crippen LogP contribution in [0.4, 0.5) is 6.01 Å². The van der Waals surface area contributed by atoms with E-state index in [1.54, 1.807) is 31.2 Å². The van der Waals surface area contributed by atoms with E-state index in [1.807, 2.05) is 0 Å². The normalized spacial score (nSPS) is 13.2. The summed E-state index contributed by atoms with van der Waals surface area (Å²) in [5.41, 5.74) is 0.899. The van der Waals surface area contributed by atoms with Crippen molar-refractivity contribution in [2.24, 2.45) is 0 Å². The number of halogens is 1. The van der Waals surface area contributed by atoms with E-state index in [2.05, 4.69) is 15.5 Å². The number of alkyl halides is 1. The Labute approximate surface area is 122 Å². The second-order valence-electron chi connectivity index (χ2n) is 4.33. The molecular weight excluding hydrogens is 302 g/mol. The minimum Gasteiger partial charge on any atom is -0.406 e. The van der Waals surface area contributed by atoms with Gasteiger partial charge in [0.05, 0.1) is 4.90 Å². The van der Waals surface area contributed by atoms with Crippen LogP contribution in [-0.4, -0.2) is 24.9 Å². The van der Waals surface area contributed by atoms with Gasteiger partial charge in [-0.2, -0.15) is 0 Å². The summed E-state index contributed by atoms with van der Waals surface area (Å²) in [6.07, 6.45) is 1.17. The summed E-state index contributed by atoms with van der Waals surface area (Å²) in [5, 5.41) is 10.2. The fraction of sp³-hybridized carbons (Fsp3) is 0.333. The van der Waals surface area contributed by atoms with E-state index in [9.17, 15) is 8.42 Å². The van der Waals surface area contributed by atoms with Gasteiger partial charge in [-0.25, -0.2) is 8.42 Å². The third-order valence-electron chi connectivity index (χ3n) is 2.58. The Bertz CT molecular complexity index is 680. The lowest BCUT2D eigenvalue weighted by atomic mass is 10.2. The lowest BCUT2D eigenvalue weighted by Gasteiger charge is -2.03. The Kier molecular flexibility index (Phi) is 4.29. The number of anilines is 1. The molecule has 0 fully saturated rings. The average molecular weight is 316 g/mol. The van der Waals surface area contributed by atoms with Gasteiger partial charge in [0.15, 0.2) is 9.84 Å². The Morgan fingerprint density at radius 3 is 2.45 bits per heavy atom. The van der Waals surface area contributed by atoms with Crippen LogP contribution in [0.3, 0.4) is 0 Å². The lowest BCUT2D eigenvalue weighted by molar-refractivity contribution is 0.505. The van der Waals surface area contributed by atoms with Crippen LogP contribution in [0.2, 0.25) is 0 Å². The maximum atomic E-state index is 11.3. The Morgan fingerprint density at radius 1 is 1.30 bits per heavy atom. The van der Waals surface area contributed by atoms with E-state index in [1.165, 1.54) is 6.26 Å². The first-order chi connectivity index (χ1) is 9.36. The summed E-state index contributed by atoms with van der Waals surface area (Å²) < 4.78 is 27.9. The van der Waals surface area contributed by atoms with E-state index in [-0.39, 0.29) is 16.3 Å². The Balaban J connectivity index is 2.00. The number of sulfone groups is 1. The largest absolute Gasteiger partial charge is 0.406 e. The van der Waals surface area contributed by atoms with Gasteiger partial charge in [-0.1, -0.05) is 17.2 Å². The third-order valence-corrected chi connectivity index (χ3v) is 3.89. The minimum atomic E-state index is -3.17. The van der Waals surface area contributed by atoms with Gasteiger partial charge in [0.2, 0.25) is 5.89 Å². The first kappa shape index (κ1) is 14.8. The number of hydrogen-bond acceptors (Lipinski definition) is 6. The van der Waals surface area contributed by atoms with Gasteiger partial charge >= 0.3 is 6.01 Å². The molecule has 0 saturated heterocycles. The first-order valence-electron chi connectivity index (χ1n) is 5.86. The molecule has 0 saturated carbocycles. The third kappa shape index (κ3) is 3.71. The quantitative estimate of drug-likeness (QED) is 0.853. The lowest BCUT2D eigenvalue weighted by Crippen LogP contribution is -2.01. The number of rotatable bonds is 5. The molecule has 1 unspecified atom stereocenters. The molecule has 108 valence electrons. The van der Waals surface area contributed by atoms with Crippen LogP contribution in [0.15, 0.2) is 33.6 Å². The van der Waals surface area contributed by atoms with Crippen molar-refractivity contribution in [1.29, 1.82) is 0 Å². The van der Waals surface area contributed by atoms with Crippen LogP contribution < -0.4 is 5.32 Å². The molecule has 1 atom stereocenters. The molecule has 20 heavy (non-hydrogen) atoms. The van der Waals surface area contributed by atoms with Crippen LogP contribution in [0.1, 0.15) is 23.8 Å². The predicted octanol–water partition coefficient (Wildman–Crippen LogP) is 2.39. The molecule has 1 aromatic heterocycles. The summed E-state index contributed by atoms with van der Waals surface area (Å²) in [6, 6.07) is 6.86. The fourth-order valence-electron chi connectivity index (χ4n) is 1.50. The number of hydrogen-bond donors (Lipinski definition) is 1. The molecule has 0 bridgehead atoms. The molecule has 1 heterocycles. The fourth-order valence-corrected chi connectivity index (χ4v) is 2.22. The van der Waals surface area contributed by atoms with Crippen molar-refractivity contribution < 1.29 is 12.8 Å². The van der Waals surface area contributed by atoms with E-state index < -0.39 is 9.84 Å². The van der Waals surface area contributed by atoms with Gasteiger partial charge in [-0.05, 0) is 24.6 Å². The SMILES string of the molecule is CC(Cl)c1nnc(NCc2ccc(S(C)(=O)=O)cc2)o1. The van der Waals surface area contributed by atoms with Crippen LogP contribution in [0.5, 0.6) is 0 Å². The molecule has 0 spiro atoms. The smallest absolute Gasteiger partial charge is 0.315 e. The van der Waals surface area contributed by atoms with E-state index in [0.717, 1.165) is 5.56 Å². The number of nitrogens with zero attached hydrogens (tertiary/aromatic N) is 2. The minimum absolute atomic E-state index is 0.277. The van der Waals surface area contributed by atoms with Crippen LogP contribution in [-0.2, 0) is 16.4 Å². The number of nitrogens with one attached hydrogen (secondary N) is 1. The summed E-state index contributed by atoms with van der Waals surface area (Å²) in [7, 11) is -3.17. The molecule has 1 N–H and O–H groups in total. The Morgan fingerprint density at radius 2 is 1.95 bits per heavy atom. The highest BCUT2D eigenvalue weighted by Gasteiger charge is 2.11. The average Bonchev–Trinajstić information content (AvgIpc) is 2.85. The highest BCUT2D eigenvalue weighted by Crippen LogP contribution is 2.19. The monoisotopic (exact) mass is 315 g/mol. The van der Waals surface area contributed by atoms with Crippen LogP contribution >= 0.6 is 11.6 Å². The van der Waals surface area contributed by atoms with Gasteiger partial charge in [0.1, 0.15) is 5.38 Å². The van der Waals surface area contributed by atoms with E-state index in [4.69, 9.17) is 16.0 Å². The maximum absolute atomic E-state index is 11.3. The van der Waals surface area contributed by atoms with Crippen LogP contribution in [0, 0.1) is 0 Å². The topological polar surface area (TPSA) is 85.1 Å². The highest BCUT2D eigenvalue weighted by atomic mass is 35.5. The van der Waals surface area contributed by atoms with Crippen molar-refractivity contribution in [3.63, 3.8) is 0 Å². The summed E-state index contributed by atoms with van der Waals surface area (Å²) in [5.74, 6) is 0.349. The van der Waals surface area contributed by atoms with Crippen molar-refractivity contribution in [2.45, 2.75) is 23.7 Å². The van der Waals surface area contributed by atoms with Crippen molar-refractivity contribution in [1.82, 2.24) is 10.2 Å². The van der Waals surface area contributed by atoms with E-state index in [0.29, 0.717) is 12.4 Å². The standard InChI is InChI=1S/C12H14ClN3O3S/c1-8(13)11-15-16-12(19-11)14-7-9-3-5-10(6-4-9)20(2,17)18/h3-6,8H,7H2,1-2H3,(H,14,16). The molecule has 8 heteroatoms. The molecule has 0 aliphatic rings. The number of aromatic nitrogens is 2. The molecule has 0 radical (unpaired) electrons. The van der Waals surface area contributed by atoms with Crippen molar-refractivity contribution in [3.05, 3.63) is 35.7 Å². The highest BCUT2D eigenvalue weighted by molar-refractivity contribution is 7.90. The van der Waals surface area contributed by atoms with Gasteiger partial charge < -0.3 is 9.73 Å². The molecular formula is C12H14ClN3O3S. The zero-order valence-electron chi connectivity index (χ0n) is 11.0. The molecule has 6 nitrogen and oxygen atoms in total. The van der Waals surface area contributed by atoms with Gasteiger partial charge in [-0.15, -0.1) is 16.7 Å². The van der Waals surface area contributed by atoms with E-state index >= 15 is 0 Å². The van der Waals surface area contributed by atoms with Crippen molar-refractivity contribution >= 4 is 27.5 Å².